The molecule has 11 N–H and O–H groups in total. The Morgan fingerprint density at radius 2 is 0.681 bits per heavy atom. The number of carbonyl (C=O) groups is 3. The van der Waals surface area contributed by atoms with Crippen LogP contribution >= 0.6 is 0 Å². The van der Waals surface area contributed by atoms with Crippen LogP contribution in [0, 0.1) is 10.2 Å². The number of aliphatic hydroxyl groups is 3. The zero-order valence-corrected chi connectivity index (χ0v) is 45.4. The van der Waals surface area contributed by atoms with Gasteiger partial charge in [-0.2, -0.15) is 0 Å². The van der Waals surface area contributed by atoms with Gasteiger partial charge >= 0.3 is 97.8 Å². The Morgan fingerprint density at radius 1 is 0.514 bits per heavy atom. The minimum atomic E-state index is -4.94. The van der Waals surface area contributed by atoms with Crippen molar-refractivity contribution in [2.45, 2.75) is 18.3 Å². The van der Waals surface area contributed by atoms with Crippen LogP contribution in [0.5, 0.6) is 34.5 Å². The van der Waals surface area contributed by atoms with Crippen LogP contribution in [-0.2, 0) is 88.1 Å². The Balaban J connectivity index is -0.0000000485. The summed E-state index contributed by atoms with van der Waals surface area (Å²) in [6.45, 7) is -3.02. The van der Waals surface area contributed by atoms with E-state index in [1.165, 1.54) is 40.0 Å². The first kappa shape index (κ1) is 105. The molecule has 0 aromatic heterocycles. The molecule has 0 heterocycles. The summed E-state index contributed by atoms with van der Waals surface area (Å²) in [5, 5.41) is 118. The molecule has 0 fully saturated rings. The van der Waals surface area contributed by atoms with E-state index in [9.17, 15) is 30.6 Å². The number of methoxy groups -OCH3 is 3. The molecule has 3 aromatic rings. The van der Waals surface area contributed by atoms with E-state index in [1.54, 1.807) is 54.6 Å². The maximum atomic E-state index is 11.6. The topological polar surface area (TPSA) is 631 Å². The predicted octanol–water partition coefficient (Wildman–Crippen LogP) is -19.4. The Labute approximate surface area is 478 Å². The summed E-state index contributed by atoms with van der Waals surface area (Å²) in [7, 11) is -0.703. The largest absolute Gasteiger partial charge is 3.00 e. The van der Waals surface area contributed by atoms with Gasteiger partial charge in [-0.05, 0) is 34.9 Å². The zero-order valence-electron chi connectivity index (χ0n) is 37.9. The Morgan fingerprint density at radius 3 is 0.819 bits per heavy atom. The average molecular weight is 1230 g/mol. The minimum absolute atomic E-state index is 0. The van der Waals surface area contributed by atoms with E-state index < -0.39 is 67.8 Å². The van der Waals surface area contributed by atoms with Gasteiger partial charge in [0.1, 0.15) is 17.2 Å². The van der Waals surface area contributed by atoms with Gasteiger partial charge in [0, 0.05) is 77.5 Å². The van der Waals surface area contributed by atoms with Crippen LogP contribution in [0.25, 0.3) is 0 Å². The number of aliphatic hydroxyl groups excluding tert-OH is 3. The van der Waals surface area contributed by atoms with Crippen molar-refractivity contribution in [1.29, 1.82) is 0 Å². The molecular weight excluding hydrogens is 1180 g/mol. The van der Waals surface area contributed by atoms with Crippen molar-refractivity contribution >= 4 is 38.1 Å². The molecule has 0 spiro atoms. The second-order valence-electron chi connectivity index (χ2n) is 10.2. The number of aliphatic imine (C=N–C) groups is 3. The molecular formula is C36H50ClMn4N3NaO27. The molecule has 0 saturated carbocycles. The molecule has 3 rings (SSSR count). The third-order valence-corrected chi connectivity index (χ3v) is 5.92. The number of para-hydroxylation sites is 3. The quantitative estimate of drug-likeness (QED) is 0.0722. The molecule has 0 aliphatic rings. The van der Waals surface area contributed by atoms with Gasteiger partial charge < -0.3 is 117 Å². The summed E-state index contributed by atoms with van der Waals surface area (Å²) in [4.78, 5) is 36.1. The van der Waals surface area contributed by atoms with E-state index in [1.807, 2.05) is 0 Å². The average Bonchev–Trinajstić information content (AvgIpc) is 3.23. The van der Waals surface area contributed by atoms with Crippen LogP contribution in [-0.4, -0.2) is 154 Å². The number of hydrogen-bond acceptors (Lipinski definition) is 25. The first-order valence-electron chi connectivity index (χ1n) is 16.4. The molecule has 0 unspecified atom stereocenters. The number of nitrogens with zero attached hydrogens (tertiary/aromatic N) is 3. The van der Waals surface area contributed by atoms with Gasteiger partial charge in [0.05, 0.1) is 21.3 Å². The maximum absolute atomic E-state index is 11.6. The van der Waals surface area contributed by atoms with Gasteiger partial charge in [0.25, 0.3) is 0 Å². The number of halogens is 1. The molecule has 36 heteroatoms. The number of benzene rings is 3. The van der Waals surface area contributed by atoms with E-state index >= 15 is 0 Å². The summed E-state index contributed by atoms with van der Waals surface area (Å²) in [6.07, 6.45) is 0.549. The number of carbonyl (C=O) groups excluding carboxylic acids is 3. The van der Waals surface area contributed by atoms with Gasteiger partial charge in [0.15, 0.2) is 0 Å². The summed E-state index contributed by atoms with van der Waals surface area (Å²) in [5.74, 6) is -0.0695. The fourth-order valence-electron chi connectivity index (χ4n) is 3.36. The van der Waals surface area contributed by atoms with E-state index in [4.69, 9.17) is 77.9 Å². The van der Waals surface area contributed by atoms with Crippen LogP contribution in [0.2, 0.25) is 0 Å². The summed E-state index contributed by atoms with van der Waals surface area (Å²) < 4.78 is 48.5. The van der Waals surface area contributed by atoms with Crippen molar-refractivity contribution < 1.29 is 244 Å². The summed E-state index contributed by atoms with van der Waals surface area (Å²) in [5.41, 5.74) is 1.10. The molecule has 0 saturated heterocycles. The molecule has 1 radical (unpaired) electrons. The summed E-state index contributed by atoms with van der Waals surface area (Å²) >= 11 is 0. The van der Waals surface area contributed by atoms with Gasteiger partial charge in [-0.25, -0.2) is 18.6 Å². The third-order valence-electron chi connectivity index (χ3n) is 5.92. The normalized spacial score (nSPS) is 9.96. The van der Waals surface area contributed by atoms with Crippen molar-refractivity contribution in [3.63, 3.8) is 0 Å². The van der Waals surface area contributed by atoms with Crippen LogP contribution in [0.3, 0.4) is 0 Å². The number of carboxylic acid groups (broad SMARTS) is 3. The van der Waals surface area contributed by atoms with Crippen molar-refractivity contribution in [1.82, 2.24) is 0 Å². The molecule has 0 amide bonds. The smallest absolute Gasteiger partial charge is 2.00 e. The van der Waals surface area contributed by atoms with Crippen molar-refractivity contribution in [3.05, 3.63) is 71.3 Å². The third kappa shape index (κ3) is 61.0. The van der Waals surface area contributed by atoms with Crippen LogP contribution in [0.4, 0.5) is 0 Å². The second kappa shape index (κ2) is 69.7. The van der Waals surface area contributed by atoms with E-state index in [-0.39, 0.29) is 179 Å². The van der Waals surface area contributed by atoms with E-state index in [2.05, 4.69) is 15.0 Å². The number of ether oxygens (including phenoxy) is 3. The molecule has 72 heavy (non-hydrogen) atoms. The standard InChI is InChI=1S/3C11H14NO4.3CH2O2.ClHO4.4Mn.Na.4H2O.O/c3*1-16-10-4-2-3-8(11(10)15)5-12-6-9(14)7-13;3*2-1-3;2-1(3,4)5;;;;;;;;;;/h3*2-5,9,13,15H,6-7H2,1H3;3*1H,(H,2,3);(H,2,3,4,5);;;;;;4*1H2;/q3*-1;;;;;+2;3*+3;+1;;;;;-2/p-7/t3*9-;;;;;;;;;;;;;;/m111............../s1. The second-order valence-corrected chi connectivity index (χ2v) is 11.0. The number of hydrogen-bond donors (Lipinski definition) is 3. The summed E-state index contributed by atoms with van der Waals surface area (Å²) in [6, 6.07) is 14.5. The molecule has 0 aliphatic heterocycles. The SMILES string of the molecule is COc1cccc(C=NC[C@@H]([O-])CO)c1[O-].COc1cccc(C=NC[C@@H]([O-])CO)c1[O-].COc1cccc(C=NC[C@@H]([O-])CO)c1[O-].O.O.O.O.O=C[O-].O=C[O-].O=C[O-].[Mn+2].[Mn+3].[Mn+3].[Mn+3].[Na+].[O-2].[O-][Cl+3]([O-])([O-])[O-]. The predicted molar refractivity (Wildman–Crippen MR) is 201 cm³/mol. The molecule has 407 valence electrons. The molecule has 3 aromatic carbocycles. The Kier molecular flexibility index (Phi) is 102. The number of rotatable bonds is 15. The first-order chi connectivity index (χ1) is 29.3. The minimum Gasteiger partial charge on any atom is -2.00 e. The fourth-order valence-corrected chi connectivity index (χ4v) is 3.36. The van der Waals surface area contributed by atoms with Gasteiger partial charge in [-0.3, -0.25) is 15.0 Å². The van der Waals surface area contributed by atoms with Gasteiger partial charge in [0.2, 0.25) is 0 Å². The van der Waals surface area contributed by atoms with Gasteiger partial charge in [-0.1, -0.05) is 72.0 Å². The molecule has 0 bridgehead atoms. The van der Waals surface area contributed by atoms with E-state index in [0.29, 0.717) is 16.7 Å². The Hall–Kier alpha value is -3.35. The Bertz CT molecular complexity index is 1540. The van der Waals surface area contributed by atoms with Gasteiger partial charge in [-0.15, -0.1) is 10.2 Å². The first-order valence-corrected chi connectivity index (χ1v) is 17.6. The van der Waals surface area contributed by atoms with Crippen LogP contribution in [0.15, 0.2) is 69.6 Å². The van der Waals surface area contributed by atoms with Crippen LogP contribution < -0.4 is 108 Å². The van der Waals surface area contributed by atoms with Crippen LogP contribution in [0.1, 0.15) is 16.7 Å². The molecule has 30 nitrogen and oxygen atoms in total. The molecule has 3 atom stereocenters. The van der Waals surface area contributed by atoms with Crippen molar-refractivity contribution in [2.24, 2.45) is 15.0 Å². The van der Waals surface area contributed by atoms with Crippen molar-refractivity contribution in [2.75, 3.05) is 60.8 Å². The molecule has 0 aliphatic carbocycles. The fraction of sp³-hybridized carbons (Fsp3) is 0.333. The van der Waals surface area contributed by atoms with Crippen molar-refractivity contribution in [3.8, 4) is 34.5 Å². The van der Waals surface area contributed by atoms with E-state index in [0.717, 1.165) is 0 Å². The monoisotopic (exact) mass is 1230 g/mol. The zero-order chi connectivity index (χ0) is 48.5. The maximum Gasteiger partial charge on any atom is 3.00 e.